The number of aliphatic hydroxyl groups is 1. The monoisotopic (exact) mass is 1170 g/mol. The summed E-state index contributed by atoms with van der Waals surface area (Å²) in [4.78, 5) is 71.9. The van der Waals surface area contributed by atoms with E-state index in [1.165, 1.54) is 70.6 Å². The summed E-state index contributed by atoms with van der Waals surface area (Å²) in [5, 5.41) is 10.5. The molecule has 0 rings (SSSR count). The first-order chi connectivity index (χ1) is 37.6. The van der Waals surface area contributed by atoms with E-state index in [2.05, 4.69) is 55.4 Å². The van der Waals surface area contributed by atoms with Gasteiger partial charge in [0.1, 0.15) is 19.3 Å². The van der Waals surface area contributed by atoms with Gasteiger partial charge < -0.3 is 33.8 Å². The fraction of sp³-hybridized carbons (Fsp3) is 0.933. The maximum absolute atomic E-state index is 12.9. The van der Waals surface area contributed by atoms with Crippen molar-refractivity contribution in [2.75, 3.05) is 39.6 Å². The molecule has 0 aromatic carbocycles. The minimum absolute atomic E-state index is 0.101. The Morgan fingerprint density at radius 1 is 0.354 bits per heavy atom. The molecule has 0 aromatic rings. The molecular formula is C60H116O17P2. The lowest BCUT2D eigenvalue weighted by atomic mass is 10.00. The summed E-state index contributed by atoms with van der Waals surface area (Å²) < 4.78 is 67.7. The Hall–Kier alpha value is -1.94. The number of hydrogen-bond donors (Lipinski definition) is 3. The highest BCUT2D eigenvalue weighted by Gasteiger charge is 2.30. The molecule has 0 aliphatic heterocycles. The Morgan fingerprint density at radius 3 is 0.899 bits per heavy atom. The predicted molar refractivity (Wildman–Crippen MR) is 312 cm³/mol. The molecule has 0 aliphatic rings. The summed E-state index contributed by atoms with van der Waals surface area (Å²) in [7, 11) is -9.88. The minimum Gasteiger partial charge on any atom is -0.462 e. The summed E-state index contributed by atoms with van der Waals surface area (Å²) in [5.41, 5.74) is 0. The van der Waals surface area contributed by atoms with Crippen molar-refractivity contribution in [3.63, 3.8) is 0 Å². The van der Waals surface area contributed by atoms with Crippen LogP contribution < -0.4 is 0 Å². The van der Waals surface area contributed by atoms with Crippen LogP contribution in [-0.2, 0) is 65.4 Å². The van der Waals surface area contributed by atoms with Gasteiger partial charge in [0.25, 0.3) is 0 Å². The van der Waals surface area contributed by atoms with Gasteiger partial charge >= 0.3 is 39.5 Å². The van der Waals surface area contributed by atoms with Gasteiger partial charge in [-0.3, -0.25) is 37.3 Å². The highest BCUT2D eigenvalue weighted by Crippen LogP contribution is 2.45. The molecule has 0 aromatic heterocycles. The molecule has 3 N–H and O–H groups in total. The van der Waals surface area contributed by atoms with Gasteiger partial charge in [-0.15, -0.1) is 0 Å². The zero-order chi connectivity index (χ0) is 59.0. The topological polar surface area (TPSA) is 237 Å². The molecule has 19 heteroatoms. The average molecular weight is 1170 g/mol. The quantitative estimate of drug-likeness (QED) is 0.0222. The lowest BCUT2D eigenvalue weighted by molar-refractivity contribution is -0.161. The standard InChI is InChI=1S/C60H116O17P2/c1-9-53(8)39-31-23-17-19-27-35-43-60(65)77-56(46-70-57(62)40-32-24-14-10-12-20-28-36-50(2)3)49-75-79(68,69)73-45-54(61)44-72-78(66,67)74-48-55(47-71-58(63)41-33-25-18-16-22-30-38-52(6)7)76-59(64)42-34-26-15-11-13-21-29-37-51(4)5/h50-56,61H,9-49H2,1-8H3,(H,66,67)(H,68,69)/t53?,54?,55-,56-/m1/s1. The van der Waals surface area contributed by atoms with Crippen molar-refractivity contribution >= 4 is 39.5 Å². The van der Waals surface area contributed by atoms with Gasteiger partial charge in [-0.25, -0.2) is 9.13 Å². The van der Waals surface area contributed by atoms with Crippen LogP contribution in [0.2, 0.25) is 0 Å². The summed E-state index contributed by atoms with van der Waals surface area (Å²) >= 11 is 0. The molecular weight excluding hydrogens is 1050 g/mol. The van der Waals surface area contributed by atoms with Crippen LogP contribution in [0.4, 0.5) is 0 Å². The van der Waals surface area contributed by atoms with E-state index in [4.69, 9.17) is 37.0 Å². The summed E-state index contributed by atoms with van der Waals surface area (Å²) in [5.74, 6) is 0.649. The third-order valence-electron chi connectivity index (χ3n) is 13.9. The fourth-order valence-corrected chi connectivity index (χ4v) is 10.3. The first kappa shape index (κ1) is 77.1. The van der Waals surface area contributed by atoms with Gasteiger partial charge in [0.2, 0.25) is 0 Å². The number of carbonyl (C=O) groups excluding carboxylic acids is 4. The molecule has 0 amide bonds. The van der Waals surface area contributed by atoms with E-state index in [-0.39, 0.29) is 25.7 Å². The van der Waals surface area contributed by atoms with Gasteiger partial charge in [0.15, 0.2) is 12.2 Å². The Balaban J connectivity index is 5.25. The molecule has 0 saturated heterocycles. The van der Waals surface area contributed by atoms with Gasteiger partial charge in [-0.1, -0.05) is 229 Å². The van der Waals surface area contributed by atoms with Crippen molar-refractivity contribution in [1.82, 2.24) is 0 Å². The van der Waals surface area contributed by atoms with Gasteiger partial charge in [0.05, 0.1) is 26.4 Å². The maximum Gasteiger partial charge on any atom is 0.472 e. The normalized spacial score (nSPS) is 14.9. The Bertz CT molecular complexity index is 1600. The molecule has 0 saturated carbocycles. The number of phosphoric ester groups is 2. The first-order valence-electron chi connectivity index (χ1n) is 31.2. The average Bonchev–Trinajstić information content (AvgIpc) is 3.39. The molecule has 0 spiro atoms. The van der Waals surface area contributed by atoms with Crippen LogP contribution in [-0.4, -0.2) is 96.7 Å². The Labute approximate surface area is 479 Å². The van der Waals surface area contributed by atoms with E-state index in [1.54, 1.807) is 0 Å². The summed E-state index contributed by atoms with van der Waals surface area (Å²) in [6.45, 7) is 13.8. The molecule has 0 radical (unpaired) electrons. The molecule has 6 atom stereocenters. The smallest absolute Gasteiger partial charge is 0.462 e. The molecule has 17 nitrogen and oxygen atoms in total. The molecule has 79 heavy (non-hydrogen) atoms. The molecule has 0 aliphatic carbocycles. The van der Waals surface area contributed by atoms with E-state index < -0.39 is 97.5 Å². The third-order valence-corrected chi connectivity index (χ3v) is 15.8. The van der Waals surface area contributed by atoms with E-state index >= 15 is 0 Å². The SMILES string of the molecule is CCC(C)CCCCCCCCC(=O)O[C@H](COC(=O)CCCCCCCCCC(C)C)COP(=O)(O)OCC(O)COP(=O)(O)OC[C@@H](COC(=O)CCCCCCCCC(C)C)OC(=O)CCCCCCCCCC(C)C. The fourth-order valence-electron chi connectivity index (χ4n) is 8.69. The lowest BCUT2D eigenvalue weighted by Gasteiger charge is -2.21. The molecule has 0 fully saturated rings. The van der Waals surface area contributed by atoms with Gasteiger partial charge in [0, 0.05) is 25.7 Å². The minimum atomic E-state index is -4.94. The van der Waals surface area contributed by atoms with Crippen LogP contribution in [0.15, 0.2) is 0 Å². The highest BCUT2D eigenvalue weighted by molar-refractivity contribution is 7.47. The lowest BCUT2D eigenvalue weighted by Crippen LogP contribution is -2.30. The van der Waals surface area contributed by atoms with Crippen molar-refractivity contribution in [1.29, 1.82) is 0 Å². The van der Waals surface area contributed by atoms with E-state index in [1.807, 2.05) is 0 Å². The van der Waals surface area contributed by atoms with E-state index in [0.29, 0.717) is 43.4 Å². The van der Waals surface area contributed by atoms with Gasteiger partial charge in [-0.05, 0) is 49.4 Å². The largest absolute Gasteiger partial charge is 0.472 e. The molecule has 0 heterocycles. The first-order valence-corrected chi connectivity index (χ1v) is 34.2. The Kier molecular flexibility index (Phi) is 49.3. The van der Waals surface area contributed by atoms with E-state index in [0.717, 1.165) is 109 Å². The van der Waals surface area contributed by atoms with Crippen LogP contribution in [0.3, 0.4) is 0 Å². The van der Waals surface area contributed by atoms with Crippen LogP contribution in [0, 0.1) is 23.7 Å². The van der Waals surface area contributed by atoms with Crippen molar-refractivity contribution in [3.8, 4) is 0 Å². The summed E-state index contributed by atoms with van der Waals surface area (Å²) in [6, 6.07) is 0. The van der Waals surface area contributed by atoms with Crippen molar-refractivity contribution < 1.29 is 80.2 Å². The van der Waals surface area contributed by atoms with Crippen LogP contribution in [0.25, 0.3) is 0 Å². The number of rotatable bonds is 57. The number of aliphatic hydroxyl groups excluding tert-OH is 1. The Morgan fingerprint density at radius 2 is 0.608 bits per heavy atom. The summed E-state index contributed by atoms with van der Waals surface area (Å²) in [6.07, 6.45) is 28.4. The second-order valence-electron chi connectivity index (χ2n) is 23.4. The number of carbonyl (C=O) groups is 4. The predicted octanol–water partition coefficient (Wildman–Crippen LogP) is 15.8. The second kappa shape index (κ2) is 50.6. The van der Waals surface area contributed by atoms with Crippen molar-refractivity contribution in [2.24, 2.45) is 23.7 Å². The number of phosphoric acid groups is 2. The van der Waals surface area contributed by atoms with Crippen molar-refractivity contribution in [3.05, 3.63) is 0 Å². The molecule has 0 bridgehead atoms. The molecule has 468 valence electrons. The number of esters is 4. The number of unbranched alkanes of at least 4 members (excludes halogenated alkanes) is 22. The maximum atomic E-state index is 12.9. The van der Waals surface area contributed by atoms with Crippen LogP contribution in [0.5, 0.6) is 0 Å². The zero-order valence-electron chi connectivity index (χ0n) is 51.0. The number of ether oxygens (including phenoxy) is 4. The van der Waals surface area contributed by atoms with Gasteiger partial charge in [-0.2, -0.15) is 0 Å². The van der Waals surface area contributed by atoms with Crippen LogP contribution in [0.1, 0.15) is 280 Å². The third kappa shape index (κ3) is 53.8. The molecule has 4 unspecified atom stereocenters. The van der Waals surface area contributed by atoms with Crippen molar-refractivity contribution in [2.45, 2.75) is 298 Å². The highest BCUT2D eigenvalue weighted by atomic mass is 31.2. The zero-order valence-corrected chi connectivity index (χ0v) is 52.8. The van der Waals surface area contributed by atoms with E-state index in [9.17, 15) is 43.2 Å². The number of hydrogen-bond acceptors (Lipinski definition) is 15. The van der Waals surface area contributed by atoms with Crippen LogP contribution >= 0.6 is 15.6 Å². The second-order valence-corrected chi connectivity index (χ2v) is 26.3.